The van der Waals surface area contributed by atoms with Gasteiger partial charge in [-0.25, -0.2) is 0 Å². The van der Waals surface area contributed by atoms with Crippen molar-refractivity contribution < 1.29 is 4.79 Å². The number of nitrogens with zero attached hydrogens (tertiary/aromatic N) is 1. The van der Waals surface area contributed by atoms with Crippen LogP contribution in [0, 0.1) is 3.57 Å². The van der Waals surface area contributed by atoms with Gasteiger partial charge in [-0.15, -0.1) is 0 Å². The van der Waals surface area contributed by atoms with E-state index in [1.807, 2.05) is 67.5 Å². The maximum absolute atomic E-state index is 12.2. The fraction of sp³-hybridized carbons (Fsp3) is 0.133. The predicted octanol–water partition coefficient (Wildman–Crippen LogP) is 3.61. The zero-order valence-corrected chi connectivity index (χ0v) is 13.0. The predicted molar refractivity (Wildman–Crippen MR) is 87.9 cm³/mol. The first-order chi connectivity index (χ1) is 9.06. The number of hydrogen-bond acceptors (Lipinski definition) is 2. The Morgan fingerprint density at radius 3 is 2.53 bits per heavy atom. The molecule has 0 aliphatic rings. The fourth-order valence-corrected chi connectivity index (χ4v) is 2.24. The van der Waals surface area contributed by atoms with Gasteiger partial charge in [-0.05, 0) is 59.0 Å². The number of anilines is 2. The summed E-state index contributed by atoms with van der Waals surface area (Å²) in [7, 11) is 3.91. The van der Waals surface area contributed by atoms with Crippen molar-refractivity contribution in [2.75, 3.05) is 24.3 Å². The Labute approximate surface area is 126 Å². The molecule has 3 nitrogen and oxygen atoms in total. The highest BCUT2D eigenvalue weighted by atomic mass is 127. The van der Waals surface area contributed by atoms with Crippen LogP contribution in [0.2, 0.25) is 0 Å². The van der Waals surface area contributed by atoms with E-state index in [2.05, 4.69) is 27.9 Å². The highest BCUT2D eigenvalue weighted by molar-refractivity contribution is 14.1. The van der Waals surface area contributed by atoms with Gasteiger partial charge < -0.3 is 10.2 Å². The van der Waals surface area contributed by atoms with E-state index in [-0.39, 0.29) is 5.91 Å². The van der Waals surface area contributed by atoms with Crippen molar-refractivity contribution in [3.8, 4) is 0 Å². The van der Waals surface area contributed by atoms with Crippen molar-refractivity contribution in [3.63, 3.8) is 0 Å². The topological polar surface area (TPSA) is 32.3 Å². The Morgan fingerprint density at radius 1 is 1.11 bits per heavy atom. The molecule has 1 N–H and O–H groups in total. The molecule has 1 amide bonds. The molecule has 0 unspecified atom stereocenters. The molecule has 2 rings (SSSR count). The van der Waals surface area contributed by atoms with Crippen LogP contribution < -0.4 is 10.2 Å². The van der Waals surface area contributed by atoms with Crippen LogP contribution in [0.15, 0.2) is 48.5 Å². The van der Waals surface area contributed by atoms with E-state index in [4.69, 9.17) is 0 Å². The molecule has 98 valence electrons. The van der Waals surface area contributed by atoms with Crippen LogP contribution in [-0.2, 0) is 0 Å². The average molecular weight is 366 g/mol. The molecular weight excluding hydrogens is 351 g/mol. The summed E-state index contributed by atoms with van der Waals surface area (Å²) in [5, 5.41) is 2.90. The van der Waals surface area contributed by atoms with Gasteiger partial charge in [0.2, 0.25) is 0 Å². The summed E-state index contributed by atoms with van der Waals surface area (Å²) in [6.45, 7) is 0. The van der Waals surface area contributed by atoms with Crippen molar-refractivity contribution in [1.29, 1.82) is 0 Å². The SMILES string of the molecule is CN(C)c1cccc(C(=O)Nc2cccc(I)c2)c1. The Kier molecular flexibility index (Phi) is 4.42. The van der Waals surface area contributed by atoms with Crippen molar-refractivity contribution in [3.05, 3.63) is 57.7 Å². The maximum Gasteiger partial charge on any atom is 0.255 e. The minimum Gasteiger partial charge on any atom is -0.378 e. The zero-order chi connectivity index (χ0) is 13.8. The molecule has 0 radical (unpaired) electrons. The van der Waals surface area contributed by atoms with Crippen LogP contribution in [0.1, 0.15) is 10.4 Å². The van der Waals surface area contributed by atoms with Crippen molar-refractivity contribution in [1.82, 2.24) is 0 Å². The molecule has 4 heteroatoms. The molecule has 19 heavy (non-hydrogen) atoms. The third kappa shape index (κ3) is 3.70. The van der Waals surface area contributed by atoms with E-state index >= 15 is 0 Å². The van der Waals surface area contributed by atoms with E-state index < -0.39 is 0 Å². The largest absolute Gasteiger partial charge is 0.378 e. The van der Waals surface area contributed by atoms with Gasteiger partial charge in [-0.3, -0.25) is 4.79 Å². The smallest absolute Gasteiger partial charge is 0.255 e. The average Bonchev–Trinajstić information content (AvgIpc) is 2.39. The van der Waals surface area contributed by atoms with E-state index in [9.17, 15) is 4.79 Å². The van der Waals surface area contributed by atoms with Gasteiger partial charge in [0.1, 0.15) is 0 Å². The molecule has 0 heterocycles. The minimum atomic E-state index is -0.0919. The van der Waals surface area contributed by atoms with Gasteiger partial charge >= 0.3 is 0 Å². The summed E-state index contributed by atoms with van der Waals surface area (Å²) < 4.78 is 1.09. The maximum atomic E-state index is 12.2. The summed E-state index contributed by atoms with van der Waals surface area (Å²) >= 11 is 2.22. The van der Waals surface area contributed by atoms with Crippen molar-refractivity contribution >= 4 is 39.9 Å². The molecule has 0 spiro atoms. The first kappa shape index (κ1) is 13.9. The van der Waals surface area contributed by atoms with Gasteiger partial charge in [0.15, 0.2) is 0 Å². The lowest BCUT2D eigenvalue weighted by Crippen LogP contribution is -2.14. The van der Waals surface area contributed by atoms with Gasteiger partial charge in [0, 0.05) is 34.6 Å². The Hall–Kier alpha value is -1.56. The summed E-state index contributed by atoms with van der Waals surface area (Å²) in [5.74, 6) is -0.0919. The normalized spacial score (nSPS) is 10.1. The van der Waals surface area contributed by atoms with Crippen molar-refractivity contribution in [2.24, 2.45) is 0 Å². The first-order valence-electron chi connectivity index (χ1n) is 5.90. The molecule has 0 saturated heterocycles. The minimum absolute atomic E-state index is 0.0919. The number of nitrogens with one attached hydrogen (secondary N) is 1. The second kappa shape index (κ2) is 6.06. The lowest BCUT2D eigenvalue weighted by Gasteiger charge is -2.13. The van der Waals surface area contributed by atoms with Gasteiger partial charge in [0.05, 0.1) is 0 Å². The van der Waals surface area contributed by atoms with Gasteiger partial charge in [-0.1, -0.05) is 12.1 Å². The lowest BCUT2D eigenvalue weighted by molar-refractivity contribution is 0.102. The summed E-state index contributed by atoms with van der Waals surface area (Å²) in [6.07, 6.45) is 0. The van der Waals surface area contributed by atoms with Crippen LogP contribution >= 0.6 is 22.6 Å². The lowest BCUT2D eigenvalue weighted by atomic mass is 10.1. The number of amides is 1. The van der Waals surface area contributed by atoms with Crippen LogP contribution in [0.4, 0.5) is 11.4 Å². The monoisotopic (exact) mass is 366 g/mol. The van der Waals surface area contributed by atoms with Crippen molar-refractivity contribution in [2.45, 2.75) is 0 Å². The molecule has 0 fully saturated rings. The van der Waals surface area contributed by atoms with Crippen LogP contribution in [0.3, 0.4) is 0 Å². The van der Waals surface area contributed by atoms with E-state index in [0.717, 1.165) is 14.9 Å². The fourth-order valence-electron chi connectivity index (χ4n) is 1.69. The molecular formula is C15H15IN2O. The number of halogens is 1. The molecule has 0 aliphatic carbocycles. The van der Waals surface area contributed by atoms with E-state index in [1.54, 1.807) is 0 Å². The second-order valence-corrected chi connectivity index (χ2v) is 5.65. The van der Waals surface area contributed by atoms with Gasteiger partial charge in [-0.2, -0.15) is 0 Å². The molecule has 0 aliphatic heterocycles. The molecule has 2 aromatic rings. The molecule has 0 aromatic heterocycles. The number of carbonyl (C=O) groups excluding carboxylic acids is 1. The molecule has 0 saturated carbocycles. The number of rotatable bonds is 3. The molecule has 0 atom stereocenters. The highest BCUT2D eigenvalue weighted by Crippen LogP contribution is 2.16. The summed E-state index contributed by atoms with van der Waals surface area (Å²) in [4.78, 5) is 14.1. The quantitative estimate of drug-likeness (QED) is 0.842. The third-order valence-electron chi connectivity index (χ3n) is 2.71. The van der Waals surface area contributed by atoms with E-state index in [1.165, 1.54) is 0 Å². The van der Waals surface area contributed by atoms with Gasteiger partial charge in [0.25, 0.3) is 5.91 Å². The first-order valence-corrected chi connectivity index (χ1v) is 6.98. The molecule has 2 aromatic carbocycles. The van der Waals surface area contributed by atoms with E-state index in [0.29, 0.717) is 5.56 Å². The van der Waals surface area contributed by atoms with Crippen LogP contribution in [-0.4, -0.2) is 20.0 Å². The van der Waals surface area contributed by atoms with Crippen LogP contribution in [0.5, 0.6) is 0 Å². The standard InChI is InChI=1S/C15H15IN2O/c1-18(2)14-8-3-5-11(9-14)15(19)17-13-7-4-6-12(16)10-13/h3-10H,1-2H3,(H,17,19). The number of carbonyl (C=O) groups is 1. The highest BCUT2D eigenvalue weighted by Gasteiger charge is 2.07. The summed E-state index contributed by atoms with van der Waals surface area (Å²) in [6, 6.07) is 15.3. The number of benzene rings is 2. The Balaban J connectivity index is 2.18. The Bertz CT molecular complexity index is 596. The molecule has 0 bridgehead atoms. The Morgan fingerprint density at radius 2 is 1.84 bits per heavy atom. The third-order valence-corrected chi connectivity index (χ3v) is 3.38. The summed E-state index contributed by atoms with van der Waals surface area (Å²) in [5.41, 5.74) is 2.48. The number of hydrogen-bond donors (Lipinski definition) is 1. The zero-order valence-electron chi connectivity index (χ0n) is 10.9. The second-order valence-electron chi connectivity index (χ2n) is 4.41. The van der Waals surface area contributed by atoms with Crippen LogP contribution in [0.25, 0.3) is 0 Å².